The first kappa shape index (κ1) is 15.7. The van der Waals surface area contributed by atoms with Gasteiger partial charge in [-0.1, -0.05) is 92.2 Å². The molecule has 0 radical (unpaired) electrons. The number of benzene rings is 2. The molecule has 1 nitrogen and oxygen atoms in total. The van der Waals surface area contributed by atoms with E-state index < -0.39 is 8.32 Å². The van der Waals surface area contributed by atoms with Crippen LogP contribution in [0.15, 0.2) is 72.4 Å². The number of allylic oxidation sites excluding steroid dienone is 1. The van der Waals surface area contributed by atoms with Crippen LogP contribution in [0.3, 0.4) is 0 Å². The normalized spacial score (nSPS) is 11.9. The summed E-state index contributed by atoms with van der Waals surface area (Å²) >= 11 is 0. The van der Waals surface area contributed by atoms with Crippen molar-refractivity contribution in [3.63, 3.8) is 0 Å². The zero-order chi connectivity index (χ0) is 15.0. The minimum Gasteiger partial charge on any atom is -0.421 e. The minimum atomic E-state index is -2.74. The van der Waals surface area contributed by atoms with Gasteiger partial charge in [-0.15, -0.1) is 0 Å². The Morgan fingerprint density at radius 1 is 0.857 bits per heavy atom. The highest BCUT2D eigenvalue weighted by Crippen LogP contribution is 2.07. The summed E-state index contributed by atoms with van der Waals surface area (Å²) < 4.78 is 0. The topological polar surface area (TPSA) is 20.2 Å². The van der Waals surface area contributed by atoms with Crippen LogP contribution in [0.25, 0.3) is 0 Å². The SMILES string of the molecule is CCCCC/C=C/[Si](O)(c1ccccc1)c1ccccc1. The largest absolute Gasteiger partial charge is 0.421 e. The maximum Gasteiger partial charge on any atom is 0.277 e. The molecular weight excluding hydrogens is 272 g/mol. The molecule has 1 N–H and O–H groups in total. The predicted molar refractivity (Wildman–Crippen MR) is 93.4 cm³/mol. The summed E-state index contributed by atoms with van der Waals surface area (Å²) in [6, 6.07) is 20.1. The first-order valence-electron chi connectivity index (χ1n) is 7.78. The van der Waals surface area contributed by atoms with Gasteiger partial charge in [-0.2, -0.15) is 0 Å². The summed E-state index contributed by atoms with van der Waals surface area (Å²) in [5.74, 6) is 0. The maximum absolute atomic E-state index is 11.4. The lowest BCUT2D eigenvalue weighted by atomic mass is 10.2. The van der Waals surface area contributed by atoms with E-state index in [2.05, 4.69) is 18.7 Å². The van der Waals surface area contributed by atoms with Crippen molar-refractivity contribution in [3.05, 3.63) is 72.4 Å². The van der Waals surface area contributed by atoms with Crippen LogP contribution in [0.5, 0.6) is 0 Å². The second kappa shape index (κ2) is 7.96. The highest BCUT2D eigenvalue weighted by molar-refractivity contribution is 7.00. The van der Waals surface area contributed by atoms with Crippen LogP contribution in [0.1, 0.15) is 32.6 Å². The van der Waals surface area contributed by atoms with Gasteiger partial charge in [0.15, 0.2) is 0 Å². The highest BCUT2D eigenvalue weighted by atomic mass is 28.4. The van der Waals surface area contributed by atoms with E-state index in [1.807, 2.05) is 60.7 Å². The fourth-order valence-electron chi connectivity index (χ4n) is 2.51. The average molecular weight is 296 g/mol. The molecule has 0 atom stereocenters. The van der Waals surface area contributed by atoms with Crippen molar-refractivity contribution in [1.29, 1.82) is 0 Å². The summed E-state index contributed by atoms with van der Waals surface area (Å²) in [6.07, 6.45) is 6.89. The fourth-order valence-corrected chi connectivity index (χ4v) is 5.14. The Kier molecular flexibility index (Phi) is 5.97. The predicted octanol–water partition coefficient (Wildman–Crippen LogP) is 3.41. The van der Waals surface area contributed by atoms with E-state index in [9.17, 15) is 4.80 Å². The van der Waals surface area contributed by atoms with Gasteiger partial charge in [-0.05, 0) is 23.2 Å². The number of hydrogen-bond acceptors (Lipinski definition) is 1. The number of rotatable bonds is 7. The van der Waals surface area contributed by atoms with Crippen molar-refractivity contribution in [2.75, 3.05) is 0 Å². The quantitative estimate of drug-likeness (QED) is 0.613. The van der Waals surface area contributed by atoms with Crippen molar-refractivity contribution in [2.45, 2.75) is 32.6 Å². The van der Waals surface area contributed by atoms with Crippen LogP contribution in [-0.4, -0.2) is 13.1 Å². The van der Waals surface area contributed by atoms with Crippen molar-refractivity contribution in [3.8, 4) is 0 Å². The van der Waals surface area contributed by atoms with Crippen LogP contribution in [0.4, 0.5) is 0 Å². The fraction of sp³-hybridized carbons (Fsp3) is 0.263. The van der Waals surface area contributed by atoms with E-state index in [1.165, 1.54) is 19.3 Å². The Bertz CT molecular complexity index is 509. The van der Waals surface area contributed by atoms with Gasteiger partial charge in [0.05, 0.1) is 0 Å². The van der Waals surface area contributed by atoms with Crippen molar-refractivity contribution in [1.82, 2.24) is 0 Å². The standard InChI is InChI=1S/C19H24OSi/c1-2-3-4-5-12-17-21(20,18-13-8-6-9-14-18)19-15-10-7-11-16-19/h6-17,20H,2-5H2,1H3/b17-12+. The lowest BCUT2D eigenvalue weighted by Crippen LogP contribution is -2.57. The third-order valence-electron chi connectivity index (χ3n) is 3.76. The minimum absolute atomic E-state index is 1.04. The molecule has 2 aromatic rings. The van der Waals surface area contributed by atoms with E-state index >= 15 is 0 Å². The van der Waals surface area contributed by atoms with Crippen molar-refractivity contribution in [2.24, 2.45) is 0 Å². The van der Waals surface area contributed by atoms with E-state index in [0.29, 0.717) is 0 Å². The molecule has 0 aliphatic heterocycles. The second-order valence-electron chi connectivity index (χ2n) is 5.40. The van der Waals surface area contributed by atoms with Gasteiger partial charge in [0.25, 0.3) is 8.32 Å². The molecule has 0 heterocycles. The molecule has 21 heavy (non-hydrogen) atoms. The molecule has 0 aliphatic carbocycles. The Balaban J connectivity index is 2.27. The Hall–Kier alpha value is -1.64. The summed E-state index contributed by atoms with van der Waals surface area (Å²) in [5.41, 5.74) is 2.08. The van der Waals surface area contributed by atoms with Crippen molar-refractivity contribution < 1.29 is 4.80 Å². The number of hydrogen-bond donors (Lipinski definition) is 1. The van der Waals surface area contributed by atoms with Gasteiger partial charge in [-0.25, -0.2) is 0 Å². The molecule has 0 fully saturated rings. The van der Waals surface area contributed by atoms with Crippen LogP contribution in [0, 0.1) is 0 Å². The van der Waals surface area contributed by atoms with Crippen LogP contribution in [0.2, 0.25) is 0 Å². The first-order valence-corrected chi connectivity index (χ1v) is 9.81. The van der Waals surface area contributed by atoms with Crippen LogP contribution >= 0.6 is 0 Å². The molecule has 0 bridgehead atoms. The van der Waals surface area contributed by atoms with Gasteiger partial charge in [0.1, 0.15) is 0 Å². The van der Waals surface area contributed by atoms with Gasteiger partial charge in [-0.3, -0.25) is 0 Å². The average Bonchev–Trinajstić information content (AvgIpc) is 2.56. The van der Waals surface area contributed by atoms with Crippen molar-refractivity contribution >= 4 is 18.7 Å². The smallest absolute Gasteiger partial charge is 0.277 e. The molecule has 0 saturated heterocycles. The van der Waals surface area contributed by atoms with E-state index in [4.69, 9.17) is 0 Å². The molecular formula is C19H24OSi. The van der Waals surface area contributed by atoms with E-state index in [0.717, 1.165) is 16.8 Å². The summed E-state index contributed by atoms with van der Waals surface area (Å²) in [4.78, 5) is 11.4. The van der Waals surface area contributed by atoms with E-state index in [1.54, 1.807) is 0 Å². The molecule has 2 aromatic carbocycles. The Morgan fingerprint density at radius 3 is 1.86 bits per heavy atom. The first-order chi connectivity index (χ1) is 10.3. The molecule has 110 valence electrons. The molecule has 0 unspecified atom stereocenters. The monoisotopic (exact) mass is 296 g/mol. The summed E-state index contributed by atoms with van der Waals surface area (Å²) in [5, 5.41) is 2.09. The van der Waals surface area contributed by atoms with Gasteiger partial charge in [0, 0.05) is 0 Å². The summed E-state index contributed by atoms with van der Waals surface area (Å²) in [7, 11) is -2.74. The Labute approximate surface area is 129 Å². The van der Waals surface area contributed by atoms with E-state index in [-0.39, 0.29) is 0 Å². The lowest BCUT2D eigenvalue weighted by Gasteiger charge is -2.22. The lowest BCUT2D eigenvalue weighted by molar-refractivity contribution is 0.581. The van der Waals surface area contributed by atoms with Gasteiger partial charge >= 0.3 is 0 Å². The van der Waals surface area contributed by atoms with Crippen LogP contribution in [-0.2, 0) is 0 Å². The molecule has 0 aromatic heterocycles. The third-order valence-corrected chi connectivity index (χ3v) is 6.91. The molecule has 0 spiro atoms. The molecule has 0 aliphatic rings. The number of unbranched alkanes of at least 4 members (excludes halogenated alkanes) is 3. The summed E-state index contributed by atoms with van der Waals surface area (Å²) in [6.45, 7) is 2.21. The zero-order valence-electron chi connectivity index (χ0n) is 12.7. The second-order valence-corrected chi connectivity index (χ2v) is 8.42. The molecule has 0 saturated carbocycles. The van der Waals surface area contributed by atoms with Gasteiger partial charge < -0.3 is 4.80 Å². The molecule has 2 rings (SSSR count). The Morgan fingerprint density at radius 2 is 1.38 bits per heavy atom. The van der Waals surface area contributed by atoms with Gasteiger partial charge in [0.2, 0.25) is 0 Å². The molecule has 0 amide bonds. The molecule has 2 heteroatoms. The van der Waals surface area contributed by atoms with Crippen LogP contribution < -0.4 is 10.4 Å². The zero-order valence-corrected chi connectivity index (χ0v) is 13.7. The highest BCUT2D eigenvalue weighted by Gasteiger charge is 2.32. The maximum atomic E-state index is 11.4. The third kappa shape index (κ3) is 4.16.